The molecule has 26 heavy (non-hydrogen) atoms. The molecule has 2 aromatic heterocycles. The number of nitrogens with zero attached hydrogens (tertiary/aromatic N) is 3. The van der Waals surface area contributed by atoms with Crippen LogP contribution in [-0.4, -0.2) is 15.7 Å². The van der Waals surface area contributed by atoms with Crippen molar-refractivity contribution in [3.63, 3.8) is 0 Å². The molecule has 0 saturated carbocycles. The van der Waals surface area contributed by atoms with E-state index in [2.05, 4.69) is 5.10 Å². The van der Waals surface area contributed by atoms with Gasteiger partial charge in [0.15, 0.2) is 0 Å². The summed E-state index contributed by atoms with van der Waals surface area (Å²) in [6.45, 7) is 3.53. The van der Waals surface area contributed by atoms with Gasteiger partial charge in [0.2, 0.25) is 0 Å². The molecule has 3 aromatic rings. The Hall–Kier alpha value is -2.81. The van der Waals surface area contributed by atoms with Gasteiger partial charge >= 0.3 is 0 Å². The first-order valence-corrected chi connectivity index (χ1v) is 8.40. The van der Waals surface area contributed by atoms with Crippen molar-refractivity contribution in [2.75, 3.05) is 0 Å². The highest BCUT2D eigenvalue weighted by Gasteiger charge is 2.17. The molecule has 0 spiro atoms. The highest BCUT2D eigenvalue weighted by Crippen LogP contribution is 2.34. The molecule has 2 heterocycles. The number of nitriles is 1. The number of hydrogen-bond donors (Lipinski definition) is 0. The number of halogens is 2. The summed E-state index contributed by atoms with van der Waals surface area (Å²) in [5.74, 6) is 0.318. The highest BCUT2D eigenvalue weighted by molar-refractivity contribution is 6.43. The molecule has 0 fully saturated rings. The molecule has 0 amide bonds. The minimum atomic E-state index is -0.517. The number of benzene rings is 1. The molecule has 0 saturated heterocycles. The summed E-state index contributed by atoms with van der Waals surface area (Å²) in [5.41, 5.74) is 1.89. The zero-order chi connectivity index (χ0) is 18.8. The van der Waals surface area contributed by atoms with E-state index in [1.54, 1.807) is 50.2 Å². The van der Waals surface area contributed by atoms with Crippen LogP contribution in [0.5, 0.6) is 0 Å². The predicted octanol–water partition coefficient (Wildman–Crippen LogP) is 5.31. The van der Waals surface area contributed by atoms with Crippen LogP contribution in [0.4, 0.5) is 0 Å². The second-order valence-corrected chi connectivity index (χ2v) is 6.40. The number of aromatic nitrogens is 2. The van der Waals surface area contributed by atoms with Crippen molar-refractivity contribution in [3.8, 4) is 17.4 Å². The summed E-state index contributed by atoms with van der Waals surface area (Å²) in [5, 5.41) is 14.3. The average Bonchev–Trinajstić information content (AvgIpc) is 3.20. The smallest absolute Gasteiger partial charge is 0.289 e. The Kier molecular flexibility index (Phi) is 4.99. The zero-order valence-corrected chi connectivity index (χ0v) is 15.5. The summed E-state index contributed by atoms with van der Waals surface area (Å²) >= 11 is 12.2. The molecular formula is C19H13Cl2N3O2. The van der Waals surface area contributed by atoms with Crippen LogP contribution in [0.15, 0.2) is 46.4 Å². The Morgan fingerprint density at radius 3 is 2.69 bits per heavy atom. The number of hydrogen-bond acceptors (Lipinski definition) is 4. The maximum absolute atomic E-state index is 12.5. The van der Waals surface area contributed by atoms with Gasteiger partial charge in [-0.1, -0.05) is 29.3 Å². The topological polar surface area (TPSA) is 71.8 Å². The Bertz CT molecular complexity index is 1070. The van der Waals surface area contributed by atoms with Gasteiger partial charge < -0.3 is 4.42 Å². The molecular weight excluding hydrogens is 373 g/mol. The maximum atomic E-state index is 12.5. The second-order valence-electron chi connectivity index (χ2n) is 5.62. The standard InChI is InChI=1S/C19H13Cl2N3O2/c1-11-8-12(2)24(23-11)19(25)13(10-22)9-14-6-7-17(26-14)15-4-3-5-16(20)18(15)21/h3-9H,1-2H3/b13-9+. The minimum absolute atomic E-state index is 0.0886. The normalized spacial score (nSPS) is 11.4. The van der Waals surface area contributed by atoms with Crippen LogP contribution in [-0.2, 0) is 0 Å². The van der Waals surface area contributed by atoms with Crippen LogP contribution >= 0.6 is 23.2 Å². The second kappa shape index (κ2) is 7.20. The molecule has 0 aliphatic rings. The van der Waals surface area contributed by atoms with E-state index in [9.17, 15) is 10.1 Å². The SMILES string of the molecule is Cc1cc(C)n(C(=O)/C(C#N)=C/c2ccc(-c3cccc(Cl)c3Cl)o2)n1. The third-order valence-electron chi connectivity index (χ3n) is 3.68. The minimum Gasteiger partial charge on any atom is -0.457 e. The van der Waals surface area contributed by atoms with Gasteiger partial charge in [-0.3, -0.25) is 4.79 Å². The fourth-order valence-electron chi connectivity index (χ4n) is 2.50. The van der Waals surface area contributed by atoms with E-state index >= 15 is 0 Å². The lowest BCUT2D eigenvalue weighted by molar-refractivity contribution is 0.0943. The molecule has 0 aliphatic heterocycles. The van der Waals surface area contributed by atoms with E-state index in [4.69, 9.17) is 27.6 Å². The third-order valence-corrected chi connectivity index (χ3v) is 4.50. The number of rotatable bonds is 3. The van der Waals surface area contributed by atoms with Gasteiger partial charge in [-0.25, -0.2) is 4.68 Å². The quantitative estimate of drug-likeness (QED) is 0.452. The van der Waals surface area contributed by atoms with Crippen LogP contribution in [0.1, 0.15) is 21.9 Å². The number of allylic oxidation sites excluding steroid dienone is 1. The summed E-state index contributed by atoms with van der Waals surface area (Å²) in [4.78, 5) is 12.5. The van der Waals surface area contributed by atoms with Gasteiger partial charge in [0.25, 0.3) is 5.91 Å². The summed E-state index contributed by atoms with van der Waals surface area (Å²) in [6.07, 6.45) is 1.38. The van der Waals surface area contributed by atoms with Gasteiger partial charge in [0.1, 0.15) is 23.2 Å². The Labute approximate surface area is 160 Å². The Morgan fingerprint density at radius 2 is 2.04 bits per heavy atom. The number of aryl methyl sites for hydroxylation is 2. The Balaban J connectivity index is 1.95. The first kappa shape index (κ1) is 18.0. The van der Waals surface area contributed by atoms with Crippen molar-refractivity contribution < 1.29 is 9.21 Å². The summed E-state index contributed by atoms with van der Waals surface area (Å²) in [6, 6.07) is 12.2. The number of carbonyl (C=O) groups is 1. The van der Waals surface area contributed by atoms with Gasteiger partial charge in [0, 0.05) is 17.3 Å². The molecule has 130 valence electrons. The van der Waals surface area contributed by atoms with E-state index in [0.717, 1.165) is 0 Å². The first-order chi connectivity index (χ1) is 12.4. The van der Waals surface area contributed by atoms with Crippen LogP contribution in [0.3, 0.4) is 0 Å². The first-order valence-electron chi connectivity index (χ1n) is 7.64. The fraction of sp³-hybridized carbons (Fsp3) is 0.105. The van der Waals surface area contributed by atoms with Crippen LogP contribution in [0, 0.1) is 25.2 Å². The predicted molar refractivity (Wildman–Crippen MR) is 100 cm³/mol. The van der Waals surface area contributed by atoms with Crippen molar-refractivity contribution >= 4 is 35.2 Å². The van der Waals surface area contributed by atoms with Crippen LogP contribution in [0.25, 0.3) is 17.4 Å². The molecule has 0 N–H and O–H groups in total. The van der Waals surface area contributed by atoms with E-state index in [1.807, 2.05) is 6.07 Å². The van der Waals surface area contributed by atoms with Gasteiger partial charge in [-0.15, -0.1) is 0 Å². The monoisotopic (exact) mass is 385 g/mol. The van der Waals surface area contributed by atoms with Crippen molar-refractivity contribution in [1.29, 1.82) is 5.26 Å². The lowest BCUT2D eigenvalue weighted by Gasteiger charge is -2.02. The molecule has 5 nitrogen and oxygen atoms in total. The molecule has 1 aromatic carbocycles. The van der Waals surface area contributed by atoms with E-state index in [-0.39, 0.29) is 5.57 Å². The average molecular weight is 386 g/mol. The molecule has 0 radical (unpaired) electrons. The van der Waals surface area contributed by atoms with Gasteiger partial charge in [0.05, 0.1) is 15.7 Å². The Morgan fingerprint density at radius 1 is 1.27 bits per heavy atom. The lowest BCUT2D eigenvalue weighted by Crippen LogP contribution is -2.15. The van der Waals surface area contributed by atoms with E-state index < -0.39 is 5.91 Å². The molecule has 7 heteroatoms. The van der Waals surface area contributed by atoms with Crippen molar-refractivity contribution in [1.82, 2.24) is 9.78 Å². The van der Waals surface area contributed by atoms with Gasteiger partial charge in [-0.05, 0) is 44.2 Å². The molecule has 0 unspecified atom stereocenters. The van der Waals surface area contributed by atoms with Crippen LogP contribution in [0.2, 0.25) is 10.0 Å². The number of carbonyl (C=O) groups excluding carboxylic acids is 1. The van der Waals surface area contributed by atoms with Crippen molar-refractivity contribution in [2.45, 2.75) is 13.8 Å². The molecule has 0 aliphatic carbocycles. The van der Waals surface area contributed by atoms with Gasteiger partial charge in [-0.2, -0.15) is 10.4 Å². The largest absolute Gasteiger partial charge is 0.457 e. The van der Waals surface area contributed by atoms with E-state index in [0.29, 0.717) is 38.5 Å². The summed E-state index contributed by atoms with van der Waals surface area (Å²) in [7, 11) is 0. The van der Waals surface area contributed by atoms with Crippen molar-refractivity contribution in [2.24, 2.45) is 0 Å². The zero-order valence-electron chi connectivity index (χ0n) is 14.0. The third kappa shape index (κ3) is 3.43. The molecule has 0 atom stereocenters. The van der Waals surface area contributed by atoms with Crippen LogP contribution < -0.4 is 0 Å². The highest BCUT2D eigenvalue weighted by atomic mass is 35.5. The molecule has 3 rings (SSSR count). The molecule has 0 bridgehead atoms. The fourth-order valence-corrected chi connectivity index (χ4v) is 2.90. The number of furan rings is 1. The lowest BCUT2D eigenvalue weighted by atomic mass is 10.2. The van der Waals surface area contributed by atoms with Crippen molar-refractivity contribution in [3.05, 3.63) is 69.2 Å². The maximum Gasteiger partial charge on any atom is 0.289 e. The van der Waals surface area contributed by atoms with E-state index in [1.165, 1.54) is 10.8 Å². The summed E-state index contributed by atoms with van der Waals surface area (Å²) < 4.78 is 6.90.